The van der Waals surface area contributed by atoms with E-state index < -0.39 is 310 Å². The quantitative estimate of drug-likeness (QED) is 0.00969. The fourth-order valence-electron chi connectivity index (χ4n) is 16.6. The molecule has 4 aromatic carbocycles. The summed E-state index contributed by atoms with van der Waals surface area (Å²) in [5.74, 6) is -10.6. The highest BCUT2D eigenvalue weighted by molar-refractivity contribution is 7.99. The summed E-state index contributed by atoms with van der Waals surface area (Å²) in [6.45, 7) is -2.84. The SMILES string of the molecule is [2H]c1c([2H])c([C@]2([2H])C[C@H]2Nc2nc(SC([2H])([2H])C([2H])([2H])C)nc3c2nnn3[C@@H]2C[C@H](OCCO)[C@@H](O)[C@H]2O)c([2H])c(F)c1C.[2H]c1c([2H])c([C@]2([2H])C[C@H]2Nc2nc(SC([2H])([2H])CC)nc3c2nnn3[C@@H]2C[C@H](OC([2H])([2H])C([2H])([2H])O)[C@@H](O)[C@H]2O)c([2H])c(F)c1C.[2H]c1c([2H])c([C@]2([2H])C[C@H]2Nc2nc(SC([2H])([2H])CC)nc3c2nnn3[C@@H]2C[C@H](OC([2H])([2H])CO)[C@@H](O)[C@H]2O)c([2H])c(F)c1C.[2H]c1c([2H])c([C@]2([2H])C[C@H]2Nc2nc(SC([2H])([2H])CC)nc3c2nnn3[C@@H]2C[C@H](OCC([2H])([2H])O)[C@@H](O)[C@H]2O)c([2H])c(F)c1C. The van der Waals surface area contributed by atoms with E-state index in [2.05, 4.69) is 102 Å². The van der Waals surface area contributed by atoms with E-state index in [4.69, 9.17) is 70.7 Å². The molecule has 0 radical (unpaired) electrons. The molecule has 12 aromatic rings. The lowest BCUT2D eigenvalue weighted by molar-refractivity contribution is -0.0629. The van der Waals surface area contributed by atoms with E-state index in [1.54, 1.807) is 20.8 Å². The molecule has 8 heterocycles. The molecule has 0 amide bonds. The molecule has 48 heteroatoms. The van der Waals surface area contributed by atoms with Gasteiger partial charge in [0.2, 0.25) is 0 Å². The topological polar surface area (TPSA) is 554 Å². The lowest BCUT2D eigenvalue weighted by atomic mass is 10.1. The molecule has 24 atom stereocenters. The number of halogens is 4. The number of ether oxygens (including phenoxy) is 4. The van der Waals surface area contributed by atoms with Crippen molar-refractivity contribution in [1.29, 1.82) is 0 Å². The van der Waals surface area contributed by atoms with Crippen LogP contribution in [0.4, 0.5) is 40.8 Å². The number of aliphatic hydroxyl groups is 12. The van der Waals surface area contributed by atoms with E-state index >= 15 is 0 Å². The summed E-state index contributed by atoms with van der Waals surface area (Å²) in [5, 5.41) is 167. The number of hydrogen-bond donors (Lipinski definition) is 16. The molecule has 8 aromatic heterocycles. The van der Waals surface area contributed by atoms with Gasteiger partial charge in [-0.3, -0.25) is 0 Å². The molecular formula is C96H124F4N24O16S4. The fourth-order valence-corrected chi connectivity index (χ4v) is 18.7. The maximum absolute atomic E-state index is 14.7. The molecule has 8 fully saturated rings. The molecule has 16 N–H and O–H groups in total. The predicted molar refractivity (Wildman–Crippen MR) is 530 cm³/mol. The van der Waals surface area contributed by atoms with Gasteiger partial charge in [0.25, 0.3) is 0 Å². The molecule has 0 saturated heterocycles. The molecule has 776 valence electrons. The summed E-state index contributed by atoms with van der Waals surface area (Å²) < 4.78 is 360. The lowest BCUT2D eigenvalue weighted by Crippen LogP contribution is -2.33. The predicted octanol–water partition coefficient (Wildman–Crippen LogP) is 8.73. The number of thioether (sulfide) groups is 4. The number of rotatable bonds is 40. The van der Waals surface area contributed by atoms with Crippen LogP contribution in [0.2, 0.25) is 0 Å². The van der Waals surface area contributed by atoms with E-state index in [0.29, 0.717) is 47.0 Å². The summed E-state index contributed by atoms with van der Waals surface area (Å²) >= 11 is 2.46. The van der Waals surface area contributed by atoms with Gasteiger partial charge in [0.05, 0.1) is 129 Å². The van der Waals surface area contributed by atoms with Gasteiger partial charge in [-0.2, -0.15) is 0 Å². The van der Waals surface area contributed by atoms with Crippen molar-refractivity contribution >= 4 is 115 Å². The minimum Gasteiger partial charge on any atom is -0.394 e. The molecule has 8 saturated carbocycles. The molecule has 20 rings (SSSR count). The number of nitrogens with zero attached hydrogens (tertiary/aromatic N) is 20. The van der Waals surface area contributed by atoms with E-state index in [9.17, 15) is 73.7 Å². The molecule has 0 spiro atoms. The van der Waals surface area contributed by atoms with Crippen LogP contribution < -0.4 is 21.3 Å². The van der Waals surface area contributed by atoms with E-state index in [-0.39, 0.29) is 217 Å². The van der Waals surface area contributed by atoms with Gasteiger partial charge >= 0.3 is 0 Å². The zero-order chi connectivity index (χ0) is 132. The normalized spacial score (nSPS) is 34.0. The second-order valence-electron chi connectivity index (χ2n) is 34.1. The van der Waals surface area contributed by atoms with Crippen LogP contribution >= 0.6 is 47.0 Å². The van der Waals surface area contributed by atoms with Crippen molar-refractivity contribution in [2.75, 3.05) is 96.8 Å². The van der Waals surface area contributed by atoms with Crippen molar-refractivity contribution in [1.82, 2.24) is 99.8 Å². The first-order valence-corrected chi connectivity index (χ1v) is 48.7. The average Bonchev–Trinajstić information content (AvgIpc) is 1.56. The summed E-state index contributed by atoms with van der Waals surface area (Å²) in [4.78, 5) is 35.1. The highest BCUT2D eigenvalue weighted by Crippen LogP contribution is 2.50. The number of hydrogen-bond acceptors (Lipinski definition) is 40. The van der Waals surface area contributed by atoms with Crippen LogP contribution in [0.5, 0.6) is 0 Å². The van der Waals surface area contributed by atoms with Crippen molar-refractivity contribution in [3.8, 4) is 0 Å². The van der Waals surface area contributed by atoms with Gasteiger partial charge in [-0.25, -0.2) is 76.2 Å². The Morgan fingerprint density at radius 1 is 0.354 bits per heavy atom. The minimum absolute atomic E-state index is 0.00249. The fraction of sp³-hybridized carbons (Fsp3) is 0.583. The molecule has 144 heavy (non-hydrogen) atoms. The summed E-state index contributed by atoms with van der Waals surface area (Å²) in [5.41, 5.74) is -9.46. The summed E-state index contributed by atoms with van der Waals surface area (Å²) in [6.07, 6.45) is -19.1. The van der Waals surface area contributed by atoms with E-state index in [1.165, 1.54) is 41.7 Å². The highest BCUT2D eigenvalue weighted by Gasteiger charge is 2.51. The van der Waals surface area contributed by atoms with Crippen molar-refractivity contribution in [3.63, 3.8) is 0 Å². The Balaban J connectivity index is 0.000000157. The largest absolute Gasteiger partial charge is 0.394 e. The van der Waals surface area contributed by atoms with Gasteiger partial charge in [-0.1, -0.05) is 144 Å². The zero-order valence-electron chi connectivity index (χ0n) is 112. The Kier molecular flexibility index (Phi) is 23.1. The third-order valence-corrected chi connectivity index (χ3v) is 27.5. The zero-order valence-corrected chi connectivity index (χ0v) is 81.0. The highest BCUT2D eigenvalue weighted by atomic mass is 32.2. The average molecular weight is 2110 g/mol. The summed E-state index contributed by atoms with van der Waals surface area (Å²) in [7, 11) is 0. The smallest absolute Gasteiger partial charge is 0.191 e. The first-order chi connectivity index (χ1) is 82.4. The lowest BCUT2D eigenvalue weighted by Gasteiger charge is -2.17. The monoisotopic (exact) mass is 2110 g/mol. The van der Waals surface area contributed by atoms with E-state index in [1.807, 2.05) is 0 Å². The number of fused-ring (bicyclic) bond motifs is 4. The van der Waals surface area contributed by atoms with Crippen LogP contribution in [0.3, 0.4) is 0 Å². The maximum atomic E-state index is 14.7. The van der Waals surface area contributed by atoms with Crippen molar-refractivity contribution < 1.29 is 144 Å². The molecule has 8 aliphatic rings. The maximum Gasteiger partial charge on any atom is 0.191 e. The molecular weight excluding hydrogens is 1950 g/mol. The molecule has 8 aliphatic carbocycles. The molecule has 0 unspecified atom stereocenters. The number of nitrogens with one attached hydrogen (secondary N) is 4. The van der Waals surface area contributed by atoms with E-state index in [0.717, 1.165) is 11.6 Å². The van der Waals surface area contributed by atoms with Gasteiger partial charge < -0.3 is 101 Å². The Hall–Kier alpha value is -9.52. The van der Waals surface area contributed by atoms with Crippen molar-refractivity contribution in [3.05, 3.63) is 140 Å². The van der Waals surface area contributed by atoms with Gasteiger partial charge in [-0.05, 0) is 148 Å². The number of aromatic nitrogens is 20. The molecule has 0 bridgehead atoms. The Morgan fingerprint density at radius 2 is 0.625 bits per heavy atom. The Labute approximate surface area is 891 Å². The van der Waals surface area contributed by atoms with Crippen LogP contribution in [0.15, 0.2) is 93.1 Å². The van der Waals surface area contributed by atoms with Crippen molar-refractivity contribution in [2.24, 2.45) is 0 Å². The molecule has 40 nitrogen and oxygen atoms in total. The standard InChI is InChI=1S/4C24H31FN6O4S/c4*1-3-8-36-24-27-22(26-16-10-14(16)13-5-4-12(2)15(25)9-13)19-23(28-24)31(30-29-19)17-11-18(35-7-6-32)21(34)20(17)33/h4*4-5,9,14,16-18,20-21,32-34H,3,6-8,10-11H2,1-2H3,(H,26,27,28)/t4*14-,16+,17+,18-,20-,21+/m0000/s1/i4D,5D,6D2,7D2,8D2,9D,14D;4D,5D,7D2,8D2,9D,14D;4D,5D,6D2,8D2,9D,14D;3D2,4D,5D,8D2,9D,14D. The van der Waals surface area contributed by atoms with Crippen LogP contribution in [0, 0.1) is 51.0 Å². The van der Waals surface area contributed by atoms with Gasteiger partial charge in [-0.15, -0.1) is 20.4 Å². The molecule has 0 aliphatic heterocycles. The minimum atomic E-state index is -3.43. The second kappa shape index (κ2) is 47.3. The van der Waals surface area contributed by atoms with Crippen LogP contribution in [0.25, 0.3) is 44.7 Å². The first-order valence-electron chi connectivity index (χ1n) is 62.5. The first kappa shape index (κ1) is 70.4. The second-order valence-corrected chi connectivity index (χ2v) is 37.4. The van der Waals surface area contributed by atoms with Crippen LogP contribution in [-0.4, -0.2) is 334 Å². The third-order valence-electron chi connectivity index (χ3n) is 24.4. The summed E-state index contributed by atoms with van der Waals surface area (Å²) in [6, 6.07) is -13.3. The van der Waals surface area contributed by atoms with Crippen molar-refractivity contribution in [2.45, 2.75) is 298 Å². The Morgan fingerprint density at radius 3 is 0.882 bits per heavy atom. The number of aliphatic hydroxyl groups excluding tert-OH is 10. The van der Waals surface area contributed by atoms with Crippen LogP contribution in [-0.2, 0) is 18.9 Å². The number of anilines is 4. The van der Waals surface area contributed by atoms with Gasteiger partial charge in [0.1, 0.15) is 72.1 Å². The number of benzene rings is 4. The third kappa shape index (κ3) is 23.8. The Bertz CT molecular complexity index is 8240. The van der Waals surface area contributed by atoms with Crippen LogP contribution in [0.1, 0.15) is 244 Å². The van der Waals surface area contributed by atoms with Gasteiger partial charge in [0.15, 0.2) is 88.6 Å². The van der Waals surface area contributed by atoms with Gasteiger partial charge in [0, 0.05) is 115 Å².